The molecule has 1 N–H and O–H groups in total. The number of aliphatic carboxylic acids is 1. The highest BCUT2D eigenvalue weighted by atomic mass is 32.2. The number of pyridine rings is 1. The SMILES string of the molecule is CS(=O)(=O)CCCOc1ccc(-c2cccc(COc3ccc(C4(CC(=O)O)COC4)cc3)c2)cn1. The second kappa shape index (κ2) is 11.1. The number of carboxylic acid groups (broad SMARTS) is 1. The van der Waals surface area contributed by atoms with E-state index in [-0.39, 0.29) is 12.2 Å². The van der Waals surface area contributed by atoms with Crippen molar-refractivity contribution in [2.45, 2.75) is 24.9 Å². The van der Waals surface area contributed by atoms with Crippen LogP contribution in [0.3, 0.4) is 0 Å². The van der Waals surface area contributed by atoms with Crippen LogP contribution in [0, 0.1) is 0 Å². The van der Waals surface area contributed by atoms with E-state index in [4.69, 9.17) is 14.2 Å². The molecule has 0 aliphatic carbocycles. The van der Waals surface area contributed by atoms with Gasteiger partial charge in [0.25, 0.3) is 0 Å². The van der Waals surface area contributed by atoms with Gasteiger partial charge in [-0.25, -0.2) is 13.4 Å². The van der Waals surface area contributed by atoms with Crippen molar-refractivity contribution in [3.05, 3.63) is 78.0 Å². The quantitative estimate of drug-likeness (QED) is 0.365. The number of hydrogen-bond donors (Lipinski definition) is 1. The Hall–Kier alpha value is -3.43. The van der Waals surface area contributed by atoms with Gasteiger partial charge < -0.3 is 19.3 Å². The van der Waals surface area contributed by atoms with Crippen molar-refractivity contribution >= 4 is 15.8 Å². The van der Waals surface area contributed by atoms with E-state index in [9.17, 15) is 18.3 Å². The fourth-order valence-electron chi connectivity index (χ4n) is 4.06. The second-order valence-electron chi connectivity index (χ2n) is 9.07. The van der Waals surface area contributed by atoms with Gasteiger partial charge in [-0.1, -0.05) is 30.3 Å². The Kier molecular flexibility index (Phi) is 7.91. The third-order valence-corrected chi connectivity index (χ3v) is 7.05. The van der Waals surface area contributed by atoms with E-state index in [0.717, 1.165) is 22.3 Å². The standard InChI is InChI=1S/C27H29NO7S/c1-36(31,32)13-3-12-34-25-11-6-22(16-28-25)21-5-2-4-20(14-21)17-35-24-9-7-23(8-10-24)27(15-26(29)30)18-33-19-27/h2,4-11,14,16H,3,12-13,15,17-19H2,1H3,(H,29,30). The summed E-state index contributed by atoms with van der Waals surface area (Å²) in [4.78, 5) is 15.5. The summed E-state index contributed by atoms with van der Waals surface area (Å²) < 4.78 is 39.2. The molecule has 1 aliphatic rings. The first kappa shape index (κ1) is 25.7. The lowest BCUT2D eigenvalue weighted by Crippen LogP contribution is -2.48. The molecule has 0 radical (unpaired) electrons. The first-order valence-electron chi connectivity index (χ1n) is 11.6. The molecule has 1 saturated heterocycles. The molecule has 2 heterocycles. The molecule has 3 aromatic rings. The molecular weight excluding hydrogens is 482 g/mol. The highest BCUT2D eigenvalue weighted by Crippen LogP contribution is 2.36. The number of ether oxygens (including phenoxy) is 3. The van der Waals surface area contributed by atoms with E-state index in [1.165, 1.54) is 6.26 Å². The van der Waals surface area contributed by atoms with Crippen LogP contribution in [0.4, 0.5) is 0 Å². The summed E-state index contributed by atoms with van der Waals surface area (Å²) in [7, 11) is -2.99. The van der Waals surface area contributed by atoms with Gasteiger partial charge in [0.1, 0.15) is 22.2 Å². The first-order valence-corrected chi connectivity index (χ1v) is 13.7. The van der Waals surface area contributed by atoms with Crippen molar-refractivity contribution < 1.29 is 32.5 Å². The van der Waals surface area contributed by atoms with Gasteiger partial charge in [0, 0.05) is 24.1 Å². The molecule has 1 aliphatic heterocycles. The second-order valence-corrected chi connectivity index (χ2v) is 11.3. The summed E-state index contributed by atoms with van der Waals surface area (Å²) in [5.41, 5.74) is 3.40. The van der Waals surface area contributed by atoms with Gasteiger partial charge in [-0.15, -0.1) is 0 Å². The Balaban J connectivity index is 1.32. The average molecular weight is 512 g/mol. The molecule has 8 nitrogen and oxygen atoms in total. The van der Waals surface area contributed by atoms with Gasteiger partial charge >= 0.3 is 5.97 Å². The molecule has 1 aromatic heterocycles. The number of hydrogen-bond acceptors (Lipinski definition) is 7. The highest BCUT2D eigenvalue weighted by molar-refractivity contribution is 7.90. The molecule has 4 rings (SSSR count). The number of benzene rings is 2. The molecule has 9 heteroatoms. The molecule has 36 heavy (non-hydrogen) atoms. The first-order chi connectivity index (χ1) is 17.2. The summed E-state index contributed by atoms with van der Waals surface area (Å²) >= 11 is 0. The zero-order chi connectivity index (χ0) is 25.6. The Labute approximate surface area is 210 Å². The minimum absolute atomic E-state index is 0.0468. The third-order valence-electron chi connectivity index (χ3n) is 6.02. The maximum atomic E-state index is 11.2. The van der Waals surface area contributed by atoms with E-state index in [2.05, 4.69) is 4.98 Å². The zero-order valence-corrected chi connectivity index (χ0v) is 20.9. The summed E-state index contributed by atoms with van der Waals surface area (Å²) in [6, 6.07) is 19.2. The zero-order valence-electron chi connectivity index (χ0n) is 20.1. The molecule has 0 spiro atoms. The maximum absolute atomic E-state index is 11.2. The van der Waals surface area contributed by atoms with Crippen LogP contribution >= 0.6 is 0 Å². The Bertz CT molecular complexity index is 1280. The lowest BCUT2D eigenvalue weighted by Gasteiger charge is -2.40. The largest absolute Gasteiger partial charge is 0.489 e. The van der Waals surface area contributed by atoms with Crippen LogP contribution in [-0.4, -0.2) is 56.3 Å². The number of sulfone groups is 1. The monoisotopic (exact) mass is 511 g/mol. The van der Waals surface area contributed by atoms with E-state index < -0.39 is 21.2 Å². The molecule has 0 saturated carbocycles. The average Bonchev–Trinajstić information content (AvgIpc) is 2.83. The fourth-order valence-corrected chi connectivity index (χ4v) is 4.70. The topological polar surface area (TPSA) is 112 Å². The van der Waals surface area contributed by atoms with Gasteiger partial charge in [-0.05, 0) is 47.4 Å². The molecule has 0 amide bonds. The van der Waals surface area contributed by atoms with Gasteiger partial charge in [0.05, 0.1) is 37.4 Å². The lowest BCUT2D eigenvalue weighted by molar-refractivity contribution is -0.145. The normalized spacial score (nSPS) is 14.6. The number of aromatic nitrogens is 1. The van der Waals surface area contributed by atoms with E-state index in [1.54, 1.807) is 12.3 Å². The van der Waals surface area contributed by atoms with Gasteiger partial charge in [-0.3, -0.25) is 4.79 Å². The van der Waals surface area contributed by atoms with Crippen LogP contribution in [0.15, 0.2) is 66.9 Å². The minimum atomic E-state index is -2.99. The van der Waals surface area contributed by atoms with Gasteiger partial charge in [0.15, 0.2) is 0 Å². The highest BCUT2D eigenvalue weighted by Gasteiger charge is 2.42. The van der Waals surface area contributed by atoms with Crippen LogP contribution < -0.4 is 9.47 Å². The number of carbonyl (C=O) groups is 1. The summed E-state index contributed by atoms with van der Waals surface area (Å²) in [6.45, 7) is 1.50. The fraction of sp³-hybridized carbons (Fsp3) is 0.333. The number of rotatable bonds is 12. The van der Waals surface area contributed by atoms with Crippen molar-refractivity contribution in [2.75, 3.05) is 31.8 Å². The van der Waals surface area contributed by atoms with Crippen LogP contribution in [0.5, 0.6) is 11.6 Å². The number of nitrogens with zero attached hydrogens (tertiary/aromatic N) is 1. The smallest absolute Gasteiger partial charge is 0.304 e. The molecule has 0 atom stereocenters. The molecule has 190 valence electrons. The molecule has 1 fully saturated rings. The Morgan fingerprint density at radius 3 is 2.44 bits per heavy atom. The van der Waals surface area contributed by atoms with Gasteiger partial charge in [0.2, 0.25) is 5.88 Å². The van der Waals surface area contributed by atoms with Crippen LogP contribution in [0.2, 0.25) is 0 Å². The molecule has 2 aromatic carbocycles. The molecule has 0 unspecified atom stereocenters. The van der Waals surface area contributed by atoms with Crippen LogP contribution in [-0.2, 0) is 31.4 Å². The van der Waals surface area contributed by atoms with E-state index >= 15 is 0 Å². The third kappa shape index (κ3) is 6.83. The van der Waals surface area contributed by atoms with Crippen LogP contribution in [0.25, 0.3) is 11.1 Å². The number of carboxylic acids is 1. The Morgan fingerprint density at radius 1 is 1.06 bits per heavy atom. The van der Waals surface area contributed by atoms with Crippen molar-refractivity contribution in [1.82, 2.24) is 4.98 Å². The Morgan fingerprint density at radius 2 is 1.83 bits per heavy atom. The summed E-state index contributed by atoms with van der Waals surface area (Å²) in [5, 5.41) is 9.22. The summed E-state index contributed by atoms with van der Waals surface area (Å²) in [5.74, 6) is 0.410. The van der Waals surface area contributed by atoms with Crippen molar-refractivity contribution in [1.29, 1.82) is 0 Å². The van der Waals surface area contributed by atoms with E-state index in [0.29, 0.717) is 44.5 Å². The predicted molar refractivity (Wildman–Crippen MR) is 135 cm³/mol. The van der Waals surface area contributed by atoms with Gasteiger partial charge in [-0.2, -0.15) is 0 Å². The predicted octanol–water partition coefficient (Wildman–Crippen LogP) is 3.88. The van der Waals surface area contributed by atoms with Crippen molar-refractivity contribution in [3.8, 4) is 22.8 Å². The van der Waals surface area contributed by atoms with E-state index in [1.807, 2.05) is 54.6 Å². The van der Waals surface area contributed by atoms with Crippen LogP contribution in [0.1, 0.15) is 24.0 Å². The maximum Gasteiger partial charge on any atom is 0.304 e. The minimum Gasteiger partial charge on any atom is -0.489 e. The molecular formula is C27H29NO7S. The summed E-state index contributed by atoms with van der Waals surface area (Å²) in [6.07, 6.45) is 3.40. The lowest BCUT2D eigenvalue weighted by atomic mass is 9.76. The molecule has 0 bridgehead atoms. The van der Waals surface area contributed by atoms with Crippen molar-refractivity contribution in [3.63, 3.8) is 0 Å². The van der Waals surface area contributed by atoms with Crippen molar-refractivity contribution in [2.24, 2.45) is 0 Å².